The molecule has 9 heteroatoms. The lowest BCUT2D eigenvalue weighted by molar-refractivity contribution is -0.144. The largest absolute Gasteiger partial charge is 0.365 e. The molecule has 2 aliphatic rings. The number of thioether (sulfide) groups is 1. The predicted octanol–water partition coefficient (Wildman–Crippen LogP) is 0.133. The van der Waals surface area contributed by atoms with Gasteiger partial charge in [-0.25, -0.2) is 15.0 Å². The van der Waals surface area contributed by atoms with Gasteiger partial charge in [-0.1, -0.05) is 0 Å². The lowest BCUT2D eigenvalue weighted by Crippen LogP contribution is -2.52. The summed E-state index contributed by atoms with van der Waals surface area (Å²) in [5, 5.41) is 0. The Labute approximate surface area is 137 Å². The Bertz CT molecular complexity index is 701. The van der Waals surface area contributed by atoms with Crippen molar-refractivity contribution >= 4 is 34.7 Å². The predicted molar refractivity (Wildman–Crippen MR) is 87.5 cm³/mol. The molecule has 0 saturated carbocycles. The van der Waals surface area contributed by atoms with E-state index in [4.69, 9.17) is 4.74 Å². The van der Waals surface area contributed by atoms with Crippen molar-refractivity contribution in [3.05, 3.63) is 12.7 Å². The smallest absolute Gasteiger partial charge is 0.253 e. The third-order valence-corrected chi connectivity index (χ3v) is 5.11. The minimum absolute atomic E-state index is 0.0879. The molecule has 4 rings (SSSR count). The first kappa shape index (κ1) is 14.7. The summed E-state index contributed by atoms with van der Waals surface area (Å²) in [6, 6.07) is 0. The van der Waals surface area contributed by atoms with E-state index in [9.17, 15) is 4.79 Å². The van der Waals surface area contributed by atoms with Gasteiger partial charge in [0.05, 0.1) is 19.5 Å². The number of aromatic amines is 1. The molecule has 1 N–H and O–H groups in total. The Kier molecular flexibility index (Phi) is 4.04. The number of ether oxygens (including phenoxy) is 1. The van der Waals surface area contributed by atoms with Gasteiger partial charge < -0.3 is 19.5 Å². The zero-order chi connectivity index (χ0) is 15.6. The summed E-state index contributed by atoms with van der Waals surface area (Å²) in [5.41, 5.74) is 1.44. The van der Waals surface area contributed by atoms with Crippen LogP contribution in [0.15, 0.2) is 12.7 Å². The highest BCUT2D eigenvalue weighted by atomic mass is 32.2. The van der Waals surface area contributed by atoms with E-state index < -0.39 is 6.10 Å². The fraction of sp³-hybridized carbons (Fsp3) is 0.571. The number of aromatic nitrogens is 4. The number of hydrogen-bond donors (Lipinski definition) is 1. The molecule has 2 aliphatic heterocycles. The molecule has 1 amide bonds. The van der Waals surface area contributed by atoms with Crippen molar-refractivity contribution in [2.45, 2.75) is 6.10 Å². The molecule has 0 aromatic carbocycles. The fourth-order valence-electron chi connectivity index (χ4n) is 2.97. The molecule has 0 spiro atoms. The SMILES string of the molecule is O=C(C1CN(c2ncnc3nc[nH]c23)CCO1)N1CCSCC1. The molecule has 2 aromatic heterocycles. The average molecular weight is 334 g/mol. The number of nitrogens with one attached hydrogen (secondary N) is 1. The van der Waals surface area contributed by atoms with Crippen LogP contribution < -0.4 is 4.90 Å². The highest BCUT2D eigenvalue weighted by Gasteiger charge is 2.32. The molecule has 122 valence electrons. The maximum atomic E-state index is 12.7. The molecule has 2 saturated heterocycles. The highest BCUT2D eigenvalue weighted by Crippen LogP contribution is 2.22. The second-order valence-corrected chi connectivity index (χ2v) is 6.77. The van der Waals surface area contributed by atoms with Gasteiger partial charge in [0, 0.05) is 31.1 Å². The lowest BCUT2D eigenvalue weighted by atomic mass is 10.2. The summed E-state index contributed by atoms with van der Waals surface area (Å²) in [6.07, 6.45) is 2.68. The minimum atomic E-state index is -0.431. The van der Waals surface area contributed by atoms with Crippen LogP contribution in [-0.4, -0.2) is 81.1 Å². The first-order valence-corrected chi connectivity index (χ1v) is 8.85. The molecular formula is C14H18N6O2S. The Morgan fingerprint density at radius 2 is 2.13 bits per heavy atom. The van der Waals surface area contributed by atoms with Crippen molar-refractivity contribution in [3.8, 4) is 0 Å². The molecule has 2 aromatic rings. The summed E-state index contributed by atoms with van der Waals surface area (Å²) in [6.45, 7) is 3.33. The molecule has 23 heavy (non-hydrogen) atoms. The van der Waals surface area contributed by atoms with Crippen LogP contribution in [0.25, 0.3) is 11.2 Å². The number of rotatable bonds is 2. The number of carbonyl (C=O) groups excluding carboxylic acids is 1. The van der Waals surface area contributed by atoms with Crippen molar-refractivity contribution in [1.29, 1.82) is 0 Å². The van der Waals surface area contributed by atoms with E-state index in [0.29, 0.717) is 25.3 Å². The molecule has 4 heterocycles. The Morgan fingerprint density at radius 3 is 3.00 bits per heavy atom. The number of anilines is 1. The number of fused-ring (bicyclic) bond motifs is 1. The first-order chi connectivity index (χ1) is 11.3. The topological polar surface area (TPSA) is 87.2 Å². The second-order valence-electron chi connectivity index (χ2n) is 5.54. The van der Waals surface area contributed by atoms with Gasteiger partial charge in [0.2, 0.25) is 0 Å². The molecule has 2 fully saturated rings. The standard InChI is InChI=1S/C14H18N6O2S/c21-14(19-2-5-23-6-3-19)10-7-20(1-4-22-10)13-11-12(16-8-15-11)17-9-18-13/h8-10H,1-7H2,(H,15,16,17,18). The summed E-state index contributed by atoms with van der Waals surface area (Å²) < 4.78 is 5.73. The summed E-state index contributed by atoms with van der Waals surface area (Å²) in [7, 11) is 0. The number of imidazole rings is 1. The van der Waals surface area contributed by atoms with E-state index in [-0.39, 0.29) is 5.91 Å². The molecule has 8 nitrogen and oxygen atoms in total. The van der Waals surface area contributed by atoms with Gasteiger partial charge in [-0.05, 0) is 0 Å². The summed E-state index contributed by atoms with van der Waals surface area (Å²) in [5.74, 6) is 2.87. The lowest BCUT2D eigenvalue weighted by Gasteiger charge is -2.36. The number of H-pyrrole nitrogens is 1. The quantitative estimate of drug-likeness (QED) is 0.835. The van der Waals surface area contributed by atoms with Crippen LogP contribution in [0.2, 0.25) is 0 Å². The number of nitrogens with zero attached hydrogens (tertiary/aromatic N) is 5. The average Bonchev–Trinajstić information content (AvgIpc) is 3.10. The van der Waals surface area contributed by atoms with Gasteiger partial charge in [0.15, 0.2) is 17.6 Å². The van der Waals surface area contributed by atoms with Crippen LogP contribution in [0.4, 0.5) is 5.82 Å². The van der Waals surface area contributed by atoms with Crippen molar-refractivity contribution in [2.24, 2.45) is 0 Å². The van der Waals surface area contributed by atoms with E-state index in [0.717, 1.165) is 35.9 Å². The van der Waals surface area contributed by atoms with E-state index in [1.165, 1.54) is 6.33 Å². The van der Waals surface area contributed by atoms with Crippen LogP contribution >= 0.6 is 11.8 Å². The number of carbonyl (C=O) groups is 1. The van der Waals surface area contributed by atoms with Gasteiger partial charge in [-0.15, -0.1) is 0 Å². The number of hydrogen-bond acceptors (Lipinski definition) is 7. The summed E-state index contributed by atoms with van der Waals surface area (Å²) >= 11 is 1.89. The molecule has 1 unspecified atom stereocenters. The monoisotopic (exact) mass is 334 g/mol. The van der Waals surface area contributed by atoms with E-state index in [1.807, 2.05) is 16.7 Å². The maximum absolute atomic E-state index is 12.7. The van der Waals surface area contributed by atoms with Crippen LogP contribution in [0.3, 0.4) is 0 Å². The van der Waals surface area contributed by atoms with Crippen molar-refractivity contribution < 1.29 is 9.53 Å². The zero-order valence-electron chi connectivity index (χ0n) is 12.6. The third-order valence-electron chi connectivity index (χ3n) is 4.17. The van der Waals surface area contributed by atoms with Crippen LogP contribution in [0.1, 0.15) is 0 Å². The molecule has 1 atom stereocenters. The Hall–Kier alpha value is -1.87. The van der Waals surface area contributed by atoms with Crippen LogP contribution in [0.5, 0.6) is 0 Å². The van der Waals surface area contributed by atoms with Gasteiger partial charge in [0.25, 0.3) is 5.91 Å². The zero-order valence-corrected chi connectivity index (χ0v) is 13.5. The fourth-order valence-corrected chi connectivity index (χ4v) is 3.87. The summed E-state index contributed by atoms with van der Waals surface area (Å²) in [4.78, 5) is 32.4. The van der Waals surface area contributed by atoms with Crippen molar-refractivity contribution in [1.82, 2.24) is 24.8 Å². The van der Waals surface area contributed by atoms with E-state index in [2.05, 4.69) is 24.8 Å². The van der Waals surface area contributed by atoms with Crippen molar-refractivity contribution in [2.75, 3.05) is 49.2 Å². The van der Waals surface area contributed by atoms with Crippen molar-refractivity contribution in [3.63, 3.8) is 0 Å². The highest BCUT2D eigenvalue weighted by molar-refractivity contribution is 7.99. The second kappa shape index (κ2) is 6.32. The van der Waals surface area contributed by atoms with Crippen LogP contribution in [-0.2, 0) is 9.53 Å². The number of morpholine rings is 1. The van der Waals surface area contributed by atoms with Gasteiger partial charge in [0.1, 0.15) is 11.8 Å². The van der Waals surface area contributed by atoms with Gasteiger partial charge >= 0.3 is 0 Å². The van der Waals surface area contributed by atoms with E-state index in [1.54, 1.807) is 6.33 Å². The number of amides is 1. The Balaban J connectivity index is 1.52. The first-order valence-electron chi connectivity index (χ1n) is 7.70. The van der Waals surface area contributed by atoms with Crippen LogP contribution in [0, 0.1) is 0 Å². The van der Waals surface area contributed by atoms with E-state index >= 15 is 0 Å². The molecule has 0 radical (unpaired) electrons. The normalized spacial score (nSPS) is 22.5. The minimum Gasteiger partial charge on any atom is -0.365 e. The third kappa shape index (κ3) is 2.86. The maximum Gasteiger partial charge on any atom is 0.253 e. The molecule has 0 bridgehead atoms. The van der Waals surface area contributed by atoms with Gasteiger partial charge in [-0.3, -0.25) is 4.79 Å². The molecule has 0 aliphatic carbocycles. The Morgan fingerprint density at radius 1 is 1.26 bits per heavy atom. The van der Waals surface area contributed by atoms with Gasteiger partial charge in [-0.2, -0.15) is 11.8 Å². The molecular weight excluding hydrogens is 316 g/mol.